The number of carbonyl (C=O) groups excluding carboxylic acids is 2. The molecule has 2 fully saturated rings. The van der Waals surface area contributed by atoms with Crippen LogP contribution in [0, 0.1) is 11.8 Å². The van der Waals surface area contributed by atoms with Crippen LogP contribution in [0.15, 0.2) is 48.5 Å². The molecular formula is C25H30N2O3. The summed E-state index contributed by atoms with van der Waals surface area (Å²) in [6, 6.07) is 15.8. The Kier molecular flexibility index (Phi) is 6.36. The van der Waals surface area contributed by atoms with Crippen LogP contribution in [0.2, 0.25) is 0 Å². The Bertz CT molecular complexity index is 888. The summed E-state index contributed by atoms with van der Waals surface area (Å²) in [5, 5.41) is 3.04. The van der Waals surface area contributed by atoms with Crippen molar-refractivity contribution >= 4 is 17.5 Å². The molecule has 2 aliphatic rings. The van der Waals surface area contributed by atoms with E-state index in [1.807, 2.05) is 53.4 Å². The predicted molar refractivity (Wildman–Crippen MR) is 118 cm³/mol. The van der Waals surface area contributed by atoms with Gasteiger partial charge in [-0.05, 0) is 61.1 Å². The molecule has 1 heterocycles. The fourth-order valence-electron chi connectivity index (χ4n) is 4.62. The van der Waals surface area contributed by atoms with E-state index in [2.05, 4.69) is 5.32 Å². The number of rotatable bonds is 5. The monoisotopic (exact) mass is 406 g/mol. The molecule has 1 atom stereocenters. The van der Waals surface area contributed by atoms with E-state index in [-0.39, 0.29) is 23.7 Å². The number of piperidine rings is 1. The molecule has 0 aromatic heterocycles. The number of carbonyl (C=O) groups is 2. The summed E-state index contributed by atoms with van der Waals surface area (Å²) in [4.78, 5) is 27.5. The van der Waals surface area contributed by atoms with Gasteiger partial charge >= 0.3 is 0 Å². The van der Waals surface area contributed by atoms with Gasteiger partial charge in [0.15, 0.2) is 0 Å². The van der Waals surface area contributed by atoms with Gasteiger partial charge in [-0.1, -0.05) is 37.1 Å². The highest BCUT2D eigenvalue weighted by molar-refractivity contribution is 5.93. The zero-order chi connectivity index (χ0) is 20.9. The SMILES string of the molecule is COc1cccc(-c2ccc(NC(=O)[C@@H]3CCCN(C(=O)C4CCCC4)C3)cc2)c1. The average molecular weight is 407 g/mol. The van der Waals surface area contributed by atoms with Gasteiger partial charge in [0.1, 0.15) is 5.75 Å². The summed E-state index contributed by atoms with van der Waals surface area (Å²) >= 11 is 0. The molecule has 1 saturated carbocycles. The molecule has 2 aromatic rings. The zero-order valence-electron chi connectivity index (χ0n) is 17.6. The van der Waals surface area contributed by atoms with Crippen molar-refractivity contribution in [1.82, 2.24) is 4.90 Å². The fraction of sp³-hybridized carbons (Fsp3) is 0.440. The number of benzene rings is 2. The predicted octanol–water partition coefficient (Wildman–Crippen LogP) is 4.73. The first-order valence-electron chi connectivity index (χ1n) is 11.0. The molecule has 30 heavy (non-hydrogen) atoms. The maximum absolute atomic E-state index is 12.8. The Morgan fingerprint density at radius 2 is 1.67 bits per heavy atom. The summed E-state index contributed by atoms with van der Waals surface area (Å²) in [5.41, 5.74) is 2.92. The molecule has 2 amide bonds. The second kappa shape index (κ2) is 9.33. The Labute approximate surface area is 178 Å². The molecule has 4 rings (SSSR count). The fourth-order valence-corrected chi connectivity index (χ4v) is 4.62. The molecule has 5 nitrogen and oxygen atoms in total. The first-order valence-corrected chi connectivity index (χ1v) is 11.0. The van der Waals surface area contributed by atoms with Crippen molar-refractivity contribution in [3.05, 3.63) is 48.5 Å². The molecule has 0 unspecified atom stereocenters. The molecule has 1 aliphatic heterocycles. The van der Waals surface area contributed by atoms with Crippen molar-refractivity contribution in [3.8, 4) is 16.9 Å². The standard InChI is InChI=1S/C25H30N2O3/c1-30-23-10-4-8-20(16-23)18-11-13-22(14-12-18)26-24(28)21-9-5-15-27(17-21)25(29)19-6-2-3-7-19/h4,8,10-14,16,19,21H,2-3,5-7,9,15,17H2,1H3,(H,26,28)/t21-/m1/s1. The first kappa shape index (κ1) is 20.5. The first-order chi connectivity index (χ1) is 14.6. The second-order valence-corrected chi connectivity index (χ2v) is 8.40. The van der Waals surface area contributed by atoms with Crippen LogP contribution in [-0.4, -0.2) is 36.9 Å². The molecule has 0 spiro atoms. The van der Waals surface area contributed by atoms with Crippen molar-refractivity contribution in [1.29, 1.82) is 0 Å². The Morgan fingerprint density at radius 3 is 2.40 bits per heavy atom. The smallest absolute Gasteiger partial charge is 0.229 e. The minimum Gasteiger partial charge on any atom is -0.497 e. The lowest BCUT2D eigenvalue weighted by atomic mass is 9.95. The van der Waals surface area contributed by atoms with Gasteiger partial charge in [0.2, 0.25) is 11.8 Å². The largest absolute Gasteiger partial charge is 0.497 e. The highest BCUT2D eigenvalue weighted by Crippen LogP contribution is 2.29. The molecule has 0 radical (unpaired) electrons. The lowest BCUT2D eigenvalue weighted by molar-refractivity contribution is -0.138. The average Bonchev–Trinajstić information content (AvgIpc) is 3.34. The third-order valence-corrected chi connectivity index (χ3v) is 6.36. The second-order valence-electron chi connectivity index (χ2n) is 8.40. The highest BCUT2D eigenvalue weighted by Gasteiger charge is 2.32. The molecule has 1 aliphatic carbocycles. The van der Waals surface area contributed by atoms with Crippen molar-refractivity contribution in [2.75, 3.05) is 25.5 Å². The van der Waals surface area contributed by atoms with Gasteiger partial charge < -0.3 is 15.0 Å². The molecule has 158 valence electrons. The van der Waals surface area contributed by atoms with Gasteiger partial charge in [0.25, 0.3) is 0 Å². The molecule has 2 aromatic carbocycles. The van der Waals surface area contributed by atoms with Crippen molar-refractivity contribution in [3.63, 3.8) is 0 Å². The van der Waals surface area contributed by atoms with Gasteiger partial charge in [0.05, 0.1) is 13.0 Å². The van der Waals surface area contributed by atoms with Gasteiger partial charge in [-0.2, -0.15) is 0 Å². The Hall–Kier alpha value is -2.82. The Morgan fingerprint density at radius 1 is 0.933 bits per heavy atom. The van der Waals surface area contributed by atoms with Crippen LogP contribution in [0.5, 0.6) is 5.75 Å². The number of nitrogens with one attached hydrogen (secondary N) is 1. The number of methoxy groups -OCH3 is 1. The van der Waals surface area contributed by atoms with Crippen LogP contribution < -0.4 is 10.1 Å². The number of amides is 2. The summed E-state index contributed by atoms with van der Waals surface area (Å²) in [5.74, 6) is 1.12. The molecule has 1 N–H and O–H groups in total. The molecule has 0 bridgehead atoms. The van der Waals surface area contributed by atoms with E-state index in [4.69, 9.17) is 4.74 Å². The van der Waals surface area contributed by atoms with Gasteiger partial charge in [-0.25, -0.2) is 0 Å². The maximum atomic E-state index is 12.8. The van der Waals surface area contributed by atoms with E-state index >= 15 is 0 Å². The van der Waals surface area contributed by atoms with Crippen LogP contribution in [0.3, 0.4) is 0 Å². The minimum atomic E-state index is -0.137. The van der Waals surface area contributed by atoms with Gasteiger partial charge in [0, 0.05) is 24.7 Å². The van der Waals surface area contributed by atoms with Crippen molar-refractivity contribution < 1.29 is 14.3 Å². The molecule has 1 saturated heterocycles. The number of hydrogen-bond acceptors (Lipinski definition) is 3. The van der Waals surface area contributed by atoms with Crippen LogP contribution >= 0.6 is 0 Å². The van der Waals surface area contributed by atoms with Crippen molar-refractivity contribution in [2.24, 2.45) is 11.8 Å². The van der Waals surface area contributed by atoms with E-state index in [1.54, 1.807) is 7.11 Å². The van der Waals surface area contributed by atoms with Crippen LogP contribution in [-0.2, 0) is 9.59 Å². The summed E-state index contributed by atoms with van der Waals surface area (Å²) in [7, 11) is 1.66. The van der Waals surface area contributed by atoms with Crippen LogP contribution in [0.25, 0.3) is 11.1 Å². The minimum absolute atomic E-state index is 0.00746. The highest BCUT2D eigenvalue weighted by atomic mass is 16.5. The summed E-state index contributed by atoms with van der Waals surface area (Å²) in [6.45, 7) is 1.33. The Balaban J connectivity index is 1.36. The van der Waals surface area contributed by atoms with E-state index in [9.17, 15) is 9.59 Å². The van der Waals surface area contributed by atoms with Crippen LogP contribution in [0.4, 0.5) is 5.69 Å². The number of hydrogen-bond donors (Lipinski definition) is 1. The normalized spacial score (nSPS) is 19.5. The maximum Gasteiger partial charge on any atom is 0.229 e. The van der Waals surface area contributed by atoms with Crippen molar-refractivity contribution in [2.45, 2.75) is 38.5 Å². The van der Waals surface area contributed by atoms with E-state index < -0.39 is 0 Å². The topological polar surface area (TPSA) is 58.6 Å². The lowest BCUT2D eigenvalue weighted by Crippen LogP contribution is -2.45. The van der Waals surface area contributed by atoms with Crippen LogP contribution in [0.1, 0.15) is 38.5 Å². The number of nitrogens with zero attached hydrogens (tertiary/aromatic N) is 1. The van der Waals surface area contributed by atoms with E-state index in [1.165, 1.54) is 0 Å². The van der Waals surface area contributed by atoms with E-state index in [0.717, 1.165) is 67.6 Å². The third-order valence-electron chi connectivity index (χ3n) is 6.36. The van der Waals surface area contributed by atoms with Gasteiger partial charge in [-0.3, -0.25) is 9.59 Å². The number of ether oxygens (including phenoxy) is 1. The third kappa shape index (κ3) is 4.66. The number of likely N-dealkylation sites (tertiary alicyclic amines) is 1. The quantitative estimate of drug-likeness (QED) is 0.781. The number of anilines is 1. The zero-order valence-corrected chi connectivity index (χ0v) is 17.6. The van der Waals surface area contributed by atoms with E-state index in [0.29, 0.717) is 6.54 Å². The summed E-state index contributed by atoms with van der Waals surface area (Å²) < 4.78 is 5.29. The molecular weight excluding hydrogens is 376 g/mol. The lowest BCUT2D eigenvalue weighted by Gasteiger charge is -2.33. The molecule has 5 heteroatoms. The summed E-state index contributed by atoms with van der Waals surface area (Å²) in [6.07, 6.45) is 6.05. The van der Waals surface area contributed by atoms with Gasteiger partial charge in [-0.15, -0.1) is 0 Å².